The van der Waals surface area contributed by atoms with Crippen LogP contribution in [-0.4, -0.2) is 46.5 Å². The van der Waals surface area contributed by atoms with E-state index in [2.05, 4.69) is 4.90 Å². The van der Waals surface area contributed by atoms with Crippen molar-refractivity contribution in [2.45, 2.75) is 12.7 Å². The second-order valence-corrected chi connectivity index (χ2v) is 6.27. The SMILES string of the molecule is Cn1cccc1C(=O)N1CCN(Cc2cccc(C(F)(F)F)c2)CC1. The molecule has 4 nitrogen and oxygen atoms in total. The Morgan fingerprint density at radius 3 is 2.40 bits per heavy atom. The van der Waals surface area contributed by atoms with Crippen molar-refractivity contribution in [1.82, 2.24) is 14.4 Å². The van der Waals surface area contributed by atoms with E-state index in [4.69, 9.17) is 0 Å². The summed E-state index contributed by atoms with van der Waals surface area (Å²) in [6.45, 7) is 2.89. The van der Waals surface area contributed by atoms with Crippen LogP contribution in [-0.2, 0) is 19.8 Å². The van der Waals surface area contributed by atoms with E-state index in [0.29, 0.717) is 44.0 Å². The van der Waals surface area contributed by atoms with Crippen LogP contribution in [0.15, 0.2) is 42.6 Å². The number of hydrogen-bond acceptors (Lipinski definition) is 2. The summed E-state index contributed by atoms with van der Waals surface area (Å²) in [5.41, 5.74) is 0.658. The lowest BCUT2D eigenvalue weighted by Crippen LogP contribution is -2.48. The van der Waals surface area contributed by atoms with Crippen LogP contribution < -0.4 is 0 Å². The van der Waals surface area contributed by atoms with Crippen molar-refractivity contribution in [2.75, 3.05) is 26.2 Å². The zero-order valence-electron chi connectivity index (χ0n) is 14.0. The van der Waals surface area contributed by atoms with Crippen molar-refractivity contribution in [1.29, 1.82) is 0 Å². The number of carbonyl (C=O) groups is 1. The third kappa shape index (κ3) is 4.04. The molecular formula is C18H20F3N3O. The van der Waals surface area contributed by atoms with Crippen molar-refractivity contribution in [3.63, 3.8) is 0 Å². The van der Waals surface area contributed by atoms with Gasteiger partial charge in [0.1, 0.15) is 5.69 Å². The molecule has 2 aromatic rings. The predicted molar refractivity (Wildman–Crippen MR) is 88.0 cm³/mol. The molecule has 1 amide bonds. The molecule has 1 aliphatic rings. The van der Waals surface area contributed by atoms with Crippen molar-refractivity contribution >= 4 is 5.91 Å². The number of benzene rings is 1. The fraction of sp³-hybridized carbons (Fsp3) is 0.389. The minimum atomic E-state index is -4.32. The molecule has 134 valence electrons. The Balaban J connectivity index is 1.58. The van der Waals surface area contributed by atoms with E-state index in [9.17, 15) is 18.0 Å². The molecule has 1 aromatic heterocycles. The summed E-state index contributed by atoms with van der Waals surface area (Å²) in [7, 11) is 1.83. The molecular weight excluding hydrogens is 331 g/mol. The van der Waals surface area contributed by atoms with Gasteiger partial charge in [-0.2, -0.15) is 13.2 Å². The zero-order valence-corrected chi connectivity index (χ0v) is 14.0. The molecule has 1 fully saturated rings. The summed E-state index contributed by atoms with van der Waals surface area (Å²) in [6.07, 6.45) is -2.49. The van der Waals surface area contributed by atoms with Gasteiger partial charge in [0.2, 0.25) is 0 Å². The third-order valence-corrected chi connectivity index (χ3v) is 4.48. The van der Waals surface area contributed by atoms with Gasteiger partial charge in [0, 0.05) is 46.0 Å². The highest BCUT2D eigenvalue weighted by Crippen LogP contribution is 2.29. The Morgan fingerprint density at radius 1 is 1.08 bits per heavy atom. The summed E-state index contributed by atoms with van der Waals surface area (Å²) in [5, 5.41) is 0. The number of aryl methyl sites for hydroxylation is 1. The second kappa shape index (κ2) is 6.92. The standard InChI is InChI=1S/C18H20F3N3O/c1-22-7-3-6-16(22)17(25)24-10-8-23(9-11-24)13-14-4-2-5-15(12-14)18(19,20)21/h2-7,12H,8-11,13H2,1H3. The first-order valence-electron chi connectivity index (χ1n) is 8.14. The molecule has 1 aliphatic heterocycles. The Hall–Kier alpha value is -2.28. The number of halogens is 3. The van der Waals surface area contributed by atoms with E-state index >= 15 is 0 Å². The van der Waals surface area contributed by atoms with Crippen molar-refractivity contribution in [2.24, 2.45) is 7.05 Å². The van der Waals surface area contributed by atoms with Gasteiger partial charge in [-0.25, -0.2) is 0 Å². The van der Waals surface area contributed by atoms with Crippen LogP contribution in [0.1, 0.15) is 21.6 Å². The molecule has 0 aliphatic carbocycles. The van der Waals surface area contributed by atoms with Gasteiger partial charge in [0.05, 0.1) is 5.56 Å². The Morgan fingerprint density at radius 2 is 1.80 bits per heavy atom. The minimum Gasteiger partial charge on any atom is -0.347 e. The molecule has 3 rings (SSSR count). The van der Waals surface area contributed by atoms with Crippen molar-refractivity contribution < 1.29 is 18.0 Å². The average molecular weight is 351 g/mol. The van der Waals surface area contributed by atoms with Crippen LogP contribution >= 0.6 is 0 Å². The summed E-state index contributed by atoms with van der Waals surface area (Å²) < 4.78 is 40.2. The summed E-state index contributed by atoms with van der Waals surface area (Å²) in [5.74, 6) is -0.00813. The number of amides is 1. The van der Waals surface area contributed by atoms with Crippen LogP contribution in [0.4, 0.5) is 13.2 Å². The lowest BCUT2D eigenvalue weighted by Gasteiger charge is -2.34. The lowest BCUT2D eigenvalue weighted by molar-refractivity contribution is -0.137. The molecule has 0 atom stereocenters. The van der Waals surface area contributed by atoms with Gasteiger partial charge in [-0.05, 0) is 23.8 Å². The van der Waals surface area contributed by atoms with E-state index in [0.717, 1.165) is 6.07 Å². The second-order valence-electron chi connectivity index (χ2n) is 6.27. The molecule has 7 heteroatoms. The van der Waals surface area contributed by atoms with Gasteiger partial charge in [0.25, 0.3) is 5.91 Å². The van der Waals surface area contributed by atoms with Crippen molar-refractivity contribution in [3.05, 3.63) is 59.4 Å². The van der Waals surface area contributed by atoms with Crippen LogP contribution in [0, 0.1) is 0 Å². The maximum absolute atomic E-state index is 12.8. The fourth-order valence-corrected chi connectivity index (χ4v) is 3.06. The monoisotopic (exact) mass is 351 g/mol. The first-order chi connectivity index (χ1) is 11.8. The largest absolute Gasteiger partial charge is 0.416 e. The minimum absolute atomic E-state index is 0.00813. The highest BCUT2D eigenvalue weighted by molar-refractivity contribution is 5.92. The van der Waals surface area contributed by atoms with Gasteiger partial charge in [-0.15, -0.1) is 0 Å². The maximum Gasteiger partial charge on any atom is 0.416 e. The number of hydrogen-bond donors (Lipinski definition) is 0. The van der Waals surface area contributed by atoms with Gasteiger partial charge in [0.15, 0.2) is 0 Å². The van der Waals surface area contributed by atoms with Crippen LogP contribution in [0.3, 0.4) is 0 Å². The normalized spacial score (nSPS) is 16.2. The third-order valence-electron chi connectivity index (χ3n) is 4.48. The Labute approximate surface area is 144 Å². The molecule has 25 heavy (non-hydrogen) atoms. The van der Waals surface area contributed by atoms with Gasteiger partial charge >= 0.3 is 6.18 Å². The molecule has 0 spiro atoms. The summed E-state index contributed by atoms with van der Waals surface area (Å²) in [4.78, 5) is 16.3. The quantitative estimate of drug-likeness (QED) is 0.851. The zero-order chi connectivity index (χ0) is 18.0. The highest BCUT2D eigenvalue weighted by atomic mass is 19.4. The van der Waals surface area contributed by atoms with Gasteiger partial charge in [-0.1, -0.05) is 18.2 Å². The van der Waals surface area contributed by atoms with Crippen LogP contribution in [0.25, 0.3) is 0 Å². The number of rotatable bonds is 3. The molecule has 1 aromatic carbocycles. The van der Waals surface area contributed by atoms with Crippen LogP contribution in [0.2, 0.25) is 0 Å². The molecule has 2 heterocycles. The molecule has 0 bridgehead atoms. The number of alkyl halides is 3. The van der Waals surface area contributed by atoms with E-state index in [1.54, 1.807) is 21.6 Å². The van der Waals surface area contributed by atoms with Gasteiger partial charge in [-0.3, -0.25) is 9.69 Å². The molecule has 0 N–H and O–H groups in total. The Bertz CT molecular complexity index is 746. The van der Waals surface area contributed by atoms with E-state index < -0.39 is 11.7 Å². The van der Waals surface area contributed by atoms with E-state index in [1.165, 1.54) is 12.1 Å². The first kappa shape index (κ1) is 17.5. The number of aromatic nitrogens is 1. The topological polar surface area (TPSA) is 28.5 Å². The average Bonchev–Trinajstić information content (AvgIpc) is 3.00. The lowest BCUT2D eigenvalue weighted by atomic mass is 10.1. The van der Waals surface area contributed by atoms with Gasteiger partial charge < -0.3 is 9.47 Å². The number of piperazine rings is 1. The summed E-state index contributed by atoms with van der Waals surface area (Å²) >= 11 is 0. The first-order valence-corrected chi connectivity index (χ1v) is 8.14. The Kier molecular flexibility index (Phi) is 4.85. The van der Waals surface area contributed by atoms with Crippen LogP contribution in [0.5, 0.6) is 0 Å². The number of carbonyl (C=O) groups excluding carboxylic acids is 1. The fourth-order valence-electron chi connectivity index (χ4n) is 3.06. The summed E-state index contributed by atoms with van der Waals surface area (Å²) in [6, 6.07) is 9.04. The van der Waals surface area contributed by atoms with E-state index in [-0.39, 0.29) is 5.91 Å². The number of nitrogens with zero attached hydrogens (tertiary/aromatic N) is 3. The molecule has 1 saturated heterocycles. The maximum atomic E-state index is 12.8. The highest BCUT2D eigenvalue weighted by Gasteiger charge is 2.30. The molecule has 0 unspecified atom stereocenters. The molecule has 0 saturated carbocycles. The molecule has 0 radical (unpaired) electrons. The smallest absolute Gasteiger partial charge is 0.347 e. The van der Waals surface area contributed by atoms with E-state index in [1.807, 2.05) is 19.3 Å². The predicted octanol–water partition coefficient (Wildman–Crippen LogP) is 3.00. The van der Waals surface area contributed by atoms with Crippen molar-refractivity contribution in [3.8, 4) is 0 Å².